The minimum Gasteiger partial charge on any atom is -0.328 e. The van der Waals surface area contributed by atoms with Crippen molar-refractivity contribution >= 4 is 17.2 Å². The van der Waals surface area contributed by atoms with E-state index in [1.54, 1.807) is 4.90 Å². The lowest BCUT2D eigenvalue weighted by Crippen LogP contribution is -3.13. The first-order chi connectivity index (χ1) is 10.2. The molecule has 4 heteroatoms. The molecule has 1 N–H and O–H groups in total. The van der Waals surface area contributed by atoms with E-state index < -0.39 is 0 Å². The molecule has 1 aliphatic rings. The summed E-state index contributed by atoms with van der Waals surface area (Å²) in [5, 5.41) is 1.96. The largest absolute Gasteiger partial charge is 0.328 e. The summed E-state index contributed by atoms with van der Waals surface area (Å²) in [5.41, 5.74) is 2.71. The number of amides is 1. The molecule has 0 spiro atoms. The van der Waals surface area contributed by atoms with Gasteiger partial charge in [-0.2, -0.15) is 0 Å². The van der Waals surface area contributed by atoms with Crippen LogP contribution in [0.3, 0.4) is 0 Å². The van der Waals surface area contributed by atoms with E-state index in [9.17, 15) is 4.79 Å². The molecule has 0 aliphatic carbocycles. The Hall–Kier alpha value is -1.65. The molecule has 1 aromatic heterocycles. The minimum atomic E-state index is 0.194. The third-order valence-electron chi connectivity index (χ3n) is 4.03. The van der Waals surface area contributed by atoms with Gasteiger partial charge in [-0.25, -0.2) is 0 Å². The summed E-state index contributed by atoms with van der Waals surface area (Å²) in [6.45, 7) is 6.98. The lowest BCUT2D eigenvalue weighted by Gasteiger charge is -2.32. The molecular formula is C17H21N2OS+. The van der Waals surface area contributed by atoms with Crippen LogP contribution in [0.15, 0.2) is 41.8 Å². The van der Waals surface area contributed by atoms with Gasteiger partial charge < -0.3 is 9.80 Å². The standard InChI is InChI=1S/C17H20N2OS/c1-14-4-2-5-15(12-14)13-18-7-9-19(10-8-18)17(20)16-6-3-11-21-16/h2-6,11-12H,7-10,13H2,1H3/p+1. The van der Waals surface area contributed by atoms with Gasteiger partial charge in [0.25, 0.3) is 5.91 Å². The van der Waals surface area contributed by atoms with Crippen molar-refractivity contribution in [3.05, 3.63) is 57.8 Å². The van der Waals surface area contributed by atoms with Crippen LogP contribution in [0.4, 0.5) is 0 Å². The smallest absolute Gasteiger partial charge is 0.264 e. The summed E-state index contributed by atoms with van der Waals surface area (Å²) < 4.78 is 0. The molecule has 2 aromatic rings. The Balaban J connectivity index is 1.54. The molecule has 0 radical (unpaired) electrons. The lowest BCUT2D eigenvalue weighted by molar-refractivity contribution is -0.917. The fourth-order valence-corrected chi connectivity index (χ4v) is 3.56. The first-order valence-corrected chi connectivity index (χ1v) is 8.32. The van der Waals surface area contributed by atoms with Crippen molar-refractivity contribution in [2.24, 2.45) is 0 Å². The number of carbonyl (C=O) groups excluding carboxylic acids is 1. The zero-order valence-electron chi connectivity index (χ0n) is 12.3. The molecule has 1 saturated heterocycles. The quantitative estimate of drug-likeness (QED) is 0.915. The Bertz CT molecular complexity index is 601. The summed E-state index contributed by atoms with van der Waals surface area (Å²) in [7, 11) is 0. The van der Waals surface area contributed by atoms with E-state index in [2.05, 4.69) is 31.2 Å². The molecule has 0 unspecified atom stereocenters. The van der Waals surface area contributed by atoms with Gasteiger partial charge in [-0.15, -0.1) is 11.3 Å². The molecule has 1 amide bonds. The third kappa shape index (κ3) is 3.52. The van der Waals surface area contributed by atoms with Crippen LogP contribution in [0.5, 0.6) is 0 Å². The molecule has 1 fully saturated rings. The maximum Gasteiger partial charge on any atom is 0.264 e. The van der Waals surface area contributed by atoms with Crippen molar-refractivity contribution < 1.29 is 9.69 Å². The molecule has 2 heterocycles. The van der Waals surface area contributed by atoms with Crippen LogP contribution in [-0.4, -0.2) is 37.0 Å². The highest BCUT2D eigenvalue weighted by atomic mass is 32.1. The molecule has 0 saturated carbocycles. The van der Waals surface area contributed by atoms with Gasteiger partial charge in [-0.3, -0.25) is 4.79 Å². The van der Waals surface area contributed by atoms with Crippen molar-refractivity contribution in [2.75, 3.05) is 26.2 Å². The van der Waals surface area contributed by atoms with Gasteiger partial charge in [0.2, 0.25) is 0 Å². The highest BCUT2D eigenvalue weighted by molar-refractivity contribution is 7.12. The number of benzene rings is 1. The zero-order valence-corrected chi connectivity index (χ0v) is 13.2. The summed E-state index contributed by atoms with van der Waals surface area (Å²) in [4.78, 5) is 16.7. The van der Waals surface area contributed by atoms with Gasteiger partial charge in [0.05, 0.1) is 31.1 Å². The fourth-order valence-electron chi connectivity index (χ4n) is 2.87. The highest BCUT2D eigenvalue weighted by Gasteiger charge is 2.24. The molecule has 110 valence electrons. The molecular weight excluding hydrogens is 280 g/mol. The van der Waals surface area contributed by atoms with E-state index in [1.165, 1.54) is 22.5 Å². The van der Waals surface area contributed by atoms with E-state index in [1.807, 2.05) is 22.4 Å². The summed E-state index contributed by atoms with van der Waals surface area (Å²) in [6, 6.07) is 12.6. The molecule has 1 aliphatic heterocycles. The van der Waals surface area contributed by atoms with Crippen molar-refractivity contribution in [2.45, 2.75) is 13.5 Å². The maximum absolute atomic E-state index is 12.3. The summed E-state index contributed by atoms with van der Waals surface area (Å²) in [6.07, 6.45) is 0. The van der Waals surface area contributed by atoms with E-state index in [4.69, 9.17) is 0 Å². The molecule has 1 aromatic carbocycles. The van der Waals surface area contributed by atoms with Crippen LogP contribution in [0, 0.1) is 6.92 Å². The SMILES string of the molecule is Cc1cccc(C[NH+]2CCN(C(=O)c3cccs3)CC2)c1. The normalized spacial score (nSPS) is 16.1. The number of thiophene rings is 1. The van der Waals surface area contributed by atoms with Gasteiger partial charge in [0.15, 0.2) is 0 Å². The van der Waals surface area contributed by atoms with Gasteiger partial charge in [0.1, 0.15) is 6.54 Å². The summed E-state index contributed by atoms with van der Waals surface area (Å²) in [5.74, 6) is 0.194. The van der Waals surface area contributed by atoms with Gasteiger partial charge >= 0.3 is 0 Å². The number of aryl methyl sites for hydroxylation is 1. The van der Waals surface area contributed by atoms with E-state index in [0.717, 1.165) is 37.6 Å². The second-order valence-electron chi connectivity index (χ2n) is 5.69. The van der Waals surface area contributed by atoms with Crippen LogP contribution >= 0.6 is 11.3 Å². The molecule has 0 atom stereocenters. The van der Waals surface area contributed by atoms with Crippen LogP contribution in [0.1, 0.15) is 20.8 Å². The number of piperazine rings is 1. The monoisotopic (exact) mass is 301 g/mol. The van der Waals surface area contributed by atoms with Crippen LogP contribution < -0.4 is 4.90 Å². The van der Waals surface area contributed by atoms with E-state index in [-0.39, 0.29) is 5.91 Å². The molecule has 0 bridgehead atoms. The second kappa shape index (κ2) is 6.41. The van der Waals surface area contributed by atoms with Crippen LogP contribution in [-0.2, 0) is 6.54 Å². The number of nitrogens with one attached hydrogen (secondary N) is 1. The number of nitrogens with zero attached hydrogens (tertiary/aromatic N) is 1. The van der Waals surface area contributed by atoms with Crippen molar-refractivity contribution in [3.8, 4) is 0 Å². The van der Waals surface area contributed by atoms with E-state index >= 15 is 0 Å². The predicted molar refractivity (Wildman–Crippen MR) is 85.8 cm³/mol. The first-order valence-electron chi connectivity index (χ1n) is 7.44. The minimum absolute atomic E-state index is 0.194. The Morgan fingerprint density at radius 1 is 1.24 bits per heavy atom. The fraction of sp³-hybridized carbons (Fsp3) is 0.353. The Kier molecular flexibility index (Phi) is 4.36. The van der Waals surface area contributed by atoms with Crippen molar-refractivity contribution in [3.63, 3.8) is 0 Å². The number of hydrogen-bond donors (Lipinski definition) is 1. The van der Waals surface area contributed by atoms with Crippen LogP contribution in [0.25, 0.3) is 0 Å². The third-order valence-corrected chi connectivity index (χ3v) is 4.88. The van der Waals surface area contributed by atoms with Crippen molar-refractivity contribution in [1.82, 2.24) is 4.90 Å². The predicted octanol–water partition coefficient (Wildman–Crippen LogP) is 1.60. The number of rotatable bonds is 3. The zero-order chi connectivity index (χ0) is 14.7. The Morgan fingerprint density at radius 3 is 2.71 bits per heavy atom. The van der Waals surface area contributed by atoms with E-state index in [0.29, 0.717) is 0 Å². The number of carbonyl (C=O) groups is 1. The first kappa shape index (κ1) is 14.3. The lowest BCUT2D eigenvalue weighted by atomic mass is 10.1. The van der Waals surface area contributed by atoms with Crippen molar-refractivity contribution in [1.29, 1.82) is 0 Å². The highest BCUT2D eigenvalue weighted by Crippen LogP contribution is 2.12. The number of hydrogen-bond acceptors (Lipinski definition) is 2. The average Bonchev–Trinajstić information content (AvgIpc) is 3.01. The van der Waals surface area contributed by atoms with Gasteiger partial charge in [-0.1, -0.05) is 35.9 Å². The number of quaternary nitrogens is 1. The molecule has 3 rings (SSSR count). The molecule has 3 nitrogen and oxygen atoms in total. The van der Waals surface area contributed by atoms with Crippen LogP contribution in [0.2, 0.25) is 0 Å². The average molecular weight is 301 g/mol. The molecule has 21 heavy (non-hydrogen) atoms. The second-order valence-corrected chi connectivity index (χ2v) is 6.63. The van der Waals surface area contributed by atoms with Gasteiger partial charge in [-0.05, 0) is 18.4 Å². The Labute approximate surface area is 129 Å². The Morgan fingerprint density at radius 2 is 2.05 bits per heavy atom. The van der Waals surface area contributed by atoms with Gasteiger partial charge in [0, 0.05) is 5.56 Å². The maximum atomic E-state index is 12.3. The summed E-state index contributed by atoms with van der Waals surface area (Å²) >= 11 is 1.53. The topological polar surface area (TPSA) is 24.8 Å².